The van der Waals surface area contributed by atoms with Gasteiger partial charge < -0.3 is 30.7 Å². The molecule has 2 atom stereocenters. The summed E-state index contributed by atoms with van der Waals surface area (Å²) in [6, 6.07) is 2.07. The van der Waals surface area contributed by atoms with E-state index in [1.54, 1.807) is 12.3 Å². The Morgan fingerprint density at radius 3 is 2.11 bits per heavy atom. The van der Waals surface area contributed by atoms with E-state index in [0.29, 0.717) is 33.2 Å². The fourth-order valence-electron chi connectivity index (χ4n) is 3.26. The fourth-order valence-corrected chi connectivity index (χ4v) is 4.92. The number of nitrogens with zero attached hydrogens (tertiary/aromatic N) is 5. The number of carbonyl (C=O) groups is 1. The summed E-state index contributed by atoms with van der Waals surface area (Å²) < 4.78 is 23.6. The Kier molecular flexibility index (Phi) is 15.2. The molecule has 3 aromatic rings. The van der Waals surface area contributed by atoms with Gasteiger partial charge in [0, 0.05) is 29.7 Å². The van der Waals surface area contributed by atoms with E-state index in [-0.39, 0.29) is 40.1 Å². The minimum atomic E-state index is -3.10. The zero-order chi connectivity index (χ0) is 36.7. The van der Waals surface area contributed by atoms with Crippen LogP contribution >= 0.6 is 42.3 Å². The topological polar surface area (TPSA) is 232 Å². The number of ether oxygens (including phenoxy) is 1. The van der Waals surface area contributed by atoms with Gasteiger partial charge in [-0.2, -0.15) is 9.36 Å². The molecule has 0 radical (unpaired) electrons. The molecule has 0 amide bonds. The van der Waals surface area contributed by atoms with Crippen LogP contribution in [0.25, 0.3) is 5.69 Å². The van der Waals surface area contributed by atoms with E-state index in [9.17, 15) is 18.9 Å². The fraction of sp³-hybridized carbons (Fsp3) is 0.571. The maximum Gasteiger partial charge on any atom is 0.442 e. The summed E-state index contributed by atoms with van der Waals surface area (Å²) >= 11 is 13.6. The molecule has 264 valence electrons. The number of carboxylic acid groups (broad SMARTS) is 1. The summed E-state index contributed by atoms with van der Waals surface area (Å²) in [6.07, 6.45) is 1.73. The zero-order valence-corrected chi connectivity index (χ0v) is 31.3. The minimum absolute atomic E-state index is 0.0412. The van der Waals surface area contributed by atoms with Crippen molar-refractivity contribution < 1.29 is 28.5 Å². The number of carboxylic acids is 1. The van der Waals surface area contributed by atoms with Gasteiger partial charge in [-0.15, -0.1) is 15.3 Å². The molecular weight excluding hydrogens is 696 g/mol. The maximum atomic E-state index is 12.1. The second-order valence-corrected chi connectivity index (χ2v) is 16.8. The standard InChI is InChI=1S/C15H18Cl2N2O3.C8H14N4OS.C5H12NO4P/c1-8(2)21-12-7-11(9(16)6-10(12)17)19-14(20)22-13(18-19)15(3,4)5;1-8(2,3)5-6(13)12(9)7(14-4)11-10-5;1-11(9,10)3-2-4(6)5(7)8/h6-8H,1-5H3;9H2,1-4H3;4H,2-3,6H2,1H3,(H,7,8)(H,9,10). The average Bonchev–Trinajstić information content (AvgIpc) is 3.31. The van der Waals surface area contributed by atoms with Gasteiger partial charge in [0.15, 0.2) is 7.37 Å². The molecule has 3 rings (SSSR count). The van der Waals surface area contributed by atoms with Crippen molar-refractivity contribution in [1.82, 2.24) is 24.7 Å². The lowest BCUT2D eigenvalue weighted by Crippen LogP contribution is -2.37. The highest BCUT2D eigenvalue weighted by atomic mass is 35.5. The van der Waals surface area contributed by atoms with E-state index < -0.39 is 25.1 Å². The Balaban J connectivity index is 0.000000381. The van der Waals surface area contributed by atoms with Crippen LogP contribution in [0.1, 0.15) is 73.4 Å². The van der Waals surface area contributed by atoms with Crippen molar-refractivity contribution in [3.63, 3.8) is 0 Å². The summed E-state index contributed by atoms with van der Waals surface area (Å²) in [5, 5.41) is 21.3. The van der Waals surface area contributed by atoms with Gasteiger partial charge in [-0.25, -0.2) is 4.79 Å². The molecule has 6 N–H and O–H groups in total. The third-order valence-corrected chi connectivity index (χ3v) is 8.04. The van der Waals surface area contributed by atoms with Gasteiger partial charge in [0.05, 0.1) is 21.8 Å². The van der Waals surface area contributed by atoms with Crippen LogP contribution in [0.5, 0.6) is 5.75 Å². The third-order valence-electron chi connectivity index (χ3n) is 5.71. The molecule has 19 heteroatoms. The largest absolute Gasteiger partial charge is 0.489 e. The van der Waals surface area contributed by atoms with E-state index in [1.807, 2.05) is 55.4 Å². The van der Waals surface area contributed by atoms with Gasteiger partial charge in [-0.3, -0.25) is 14.2 Å². The van der Waals surface area contributed by atoms with Crippen molar-refractivity contribution in [2.75, 3.05) is 24.9 Å². The average molecular weight is 741 g/mol. The summed E-state index contributed by atoms with van der Waals surface area (Å²) in [6.45, 7) is 16.3. The van der Waals surface area contributed by atoms with Crippen LogP contribution < -0.4 is 27.6 Å². The van der Waals surface area contributed by atoms with Crippen molar-refractivity contribution in [2.24, 2.45) is 5.73 Å². The van der Waals surface area contributed by atoms with E-state index in [1.165, 1.54) is 24.5 Å². The molecule has 2 heterocycles. The molecule has 0 bridgehead atoms. The number of benzene rings is 1. The van der Waals surface area contributed by atoms with E-state index in [4.69, 9.17) is 53.9 Å². The second-order valence-electron chi connectivity index (χ2n) is 12.7. The quantitative estimate of drug-likeness (QED) is 0.144. The number of aliphatic carboxylic acids is 1. The number of hydrogen-bond donors (Lipinski definition) is 4. The zero-order valence-electron chi connectivity index (χ0n) is 28.1. The van der Waals surface area contributed by atoms with Gasteiger partial charge in [-0.05, 0) is 32.6 Å². The molecule has 0 aliphatic rings. The number of rotatable bonds is 8. The number of thioether (sulfide) groups is 1. The molecule has 47 heavy (non-hydrogen) atoms. The molecule has 1 aromatic carbocycles. The number of hydrogen-bond acceptors (Lipinski definition) is 12. The Hall–Kier alpha value is -2.88. The van der Waals surface area contributed by atoms with Crippen LogP contribution in [0, 0.1) is 0 Å². The highest BCUT2D eigenvalue weighted by molar-refractivity contribution is 7.98. The second kappa shape index (κ2) is 17.0. The summed E-state index contributed by atoms with van der Waals surface area (Å²) in [7, 11) is -3.10. The number of aromatic nitrogens is 5. The van der Waals surface area contributed by atoms with Crippen molar-refractivity contribution in [1.29, 1.82) is 0 Å². The first-order valence-electron chi connectivity index (χ1n) is 14.1. The Morgan fingerprint density at radius 2 is 1.68 bits per heavy atom. The van der Waals surface area contributed by atoms with Crippen LogP contribution in [-0.4, -0.2) is 71.9 Å². The van der Waals surface area contributed by atoms with Crippen LogP contribution in [-0.2, 0) is 20.2 Å². The molecule has 2 aromatic heterocycles. The monoisotopic (exact) mass is 739 g/mol. The van der Waals surface area contributed by atoms with Gasteiger partial charge in [-0.1, -0.05) is 76.5 Å². The predicted molar refractivity (Wildman–Crippen MR) is 184 cm³/mol. The minimum Gasteiger partial charge on any atom is -0.489 e. The van der Waals surface area contributed by atoms with E-state index in [0.717, 1.165) is 9.36 Å². The Morgan fingerprint density at radius 1 is 1.11 bits per heavy atom. The maximum absolute atomic E-state index is 12.1. The van der Waals surface area contributed by atoms with Crippen LogP contribution in [0.15, 0.2) is 31.3 Å². The van der Waals surface area contributed by atoms with Gasteiger partial charge in [0.2, 0.25) is 11.0 Å². The molecule has 15 nitrogen and oxygen atoms in total. The normalized spacial score (nSPS) is 13.5. The van der Waals surface area contributed by atoms with Crippen molar-refractivity contribution in [2.45, 2.75) is 89.9 Å². The lowest BCUT2D eigenvalue weighted by molar-refractivity contribution is -0.138. The van der Waals surface area contributed by atoms with Crippen LogP contribution in [0.4, 0.5) is 0 Å². The Bertz CT molecular complexity index is 1690. The summed E-state index contributed by atoms with van der Waals surface area (Å²) in [4.78, 5) is 42.7. The van der Waals surface area contributed by atoms with Crippen LogP contribution in [0.2, 0.25) is 10.0 Å². The summed E-state index contributed by atoms with van der Waals surface area (Å²) in [5.74, 6) is 4.59. The van der Waals surface area contributed by atoms with Crippen molar-refractivity contribution in [3.8, 4) is 11.4 Å². The lowest BCUT2D eigenvalue weighted by atomic mass is 9.93. The Labute approximate surface area is 287 Å². The van der Waals surface area contributed by atoms with E-state index >= 15 is 0 Å². The number of nitrogens with two attached hydrogens (primary N) is 2. The smallest absolute Gasteiger partial charge is 0.442 e. The molecule has 2 unspecified atom stereocenters. The van der Waals surface area contributed by atoms with Crippen molar-refractivity contribution >= 4 is 48.3 Å². The SMILES string of the molecule is CC(C)Oc1cc(-n2nc(C(C)(C)C)oc2=O)c(Cl)cc1Cl.CP(=O)(O)CCC(N)C(=O)O.CSc1nnc(C(C)(C)C)c(=O)n1N. The molecule has 0 saturated heterocycles. The molecule has 0 saturated carbocycles. The number of nitrogen functional groups attached to an aromatic ring is 1. The molecule has 0 spiro atoms. The summed E-state index contributed by atoms with van der Waals surface area (Å²) in [5.41, 5.74) is 4.85. The molecule has 0 aliphatic heterocycles. The van der Waals surface area contributed by atoms with Gasteiger partial charge in [0.25, 0.3) is 5.56 Å². The van der Waals surface area contributed by atoms with Crippen molar-refractivity contribution in [3.05, 3.63) is 54.7 Å². The lowest BCUT2D eigenvalue weighted by Gasteiger charge is -2.16. The van der Waals surface area contributed by atoms with Gasteiger partial charge >= 0.3 is 11.7 Å². The van der Waals surface area contributed by atoms with Gasteiger partial charge in [0.1, 0.15) is 17.5 Å². The first-order chi connectivity index (χ1) is 21.3. The van der Waals surface area contributed by atoms with E-state index in [2.05, 4.69) is 15.3 Å². The molecule has 0 fully saturated rings. The highest BCUT2D eigenvalue weighted by Gasteiger charge is 2.25. The van der Waals surface area contributed by atoms with Crippen LogP contribution in [0.3, 0.4) is 0 Å². The number of halogens is 2. The first-order valence-corrected chi connectivity index (χ1v) is 18.4. The molecule has 0 aliphatic carbocycles. The highest BCUT2D eigenvalue weighted by Crippen LogP contribution is 2.36. The first kappa shape index (κ1) is 42.1. The predicted octanol–water partition coefficient (Wildman–Crippen LogP) is 4.28. The third kappa shape index (κ3) is 13.3. The molecular formula is C28H44Cl2N7O8PS.